The molecule has 0 saturated carbocycles. The summed E-state index contributed by atoms with van der Waals surface area (Å²) in [6, 6.07) is 1.10. The first-order valence-corrected chi connectivity index (χ1v) is 9.10. The highest BCUT2D eigenvalue weighted by Crippen LogP contribution is 2.52. The van der Waals surface area contributed by atoms with Crippen molar-refractivity contribution >= 4 is 28.5 Å². The number of aromatic nitrogens is 3. The maximum absolute atomic E-state index is 14.1. The fourth-order valence-electron chi connectivity index (χ4n) is 2.87. The lowest BCUT2D eigenvalue weighted by Gasteiger charge is -2.28. The second-order valence-electron chi connectivity index (χ2n) is 6.86. The molecule has 2 aromatic heterocycles. The monoisotopic (exact) mass is 564 g/mol. The smallest absolute Gasteiger partial charge is 0.406 e. The van der Waals surface area contributed by atoms with Gasteiger partial charge in [-0.2, -0.15) is 43.9 Å². The first-order valence-electron chi connectivity index (χ1n) is 8.73. The van der Waals surface area contributed by atoms with Gasteiger partial charge in [-0.3, -0.25) is 0 Å². The Morgan fingerprint density at radius 1 is 0.861 bits per heavy atom. The number of hydrogen-bond donors (Lipinski definition) is 1. The van der Waals surface area contributed by atoms with E-state index in [1.165, 1.54) is 0 Å². The minimum absolute atomic E-state index is 0.274. The SMILES string of the molecule is Nc1c2c(C(F)(F)F)cc(C(F)(F)C(F)(F)C(F)(F)F)nc2nn1-c1ccc(OC(F)(F)F)cc1Cl. The molecule has 0 aliphatic rings. The minimum Gasteiger partial charge on any atom is -0.406 e. The Balaban J connectivity index is 2.28. The molecule has 19 heteroatoms. The van der Waals surface area contributed by atoms with Crippen molar-refractivity contribution in [3.63, 3.8) is 0 Å². The molecule has 36 heavy (non-hydrogen) atoms. The summed E-state index contributed by atoms with van der Waals surface area (Å²) >= 11 is 5.79. The van der Waals surface area contributed by atoms with Crippen molar-refractivity contribution < 1.29 is 61.8 Å². The Morgan fingerprint density at radius 3 is 1.92 bits per heavy atom. The highest BCUT2D eigenvalue weighted by atomic mass is 35.5. The van der Waals surface area contributed by atoms with Crippen molar-refractivity contribution in [1.29, 1.82) is 0 Å². The zero-order valence-corrected chi connectivity index (χ0v) is 17.2. The first kappa shape index (κ1) is 27.4. The lowest BCUT2D eigenvalue weighted by atomic mass is 10.0. The predicted molar refractivity (Wildman–Crippen MR) is 94.9 cm³/mol. The maximum Gasteiger partial charge on any atom is 0.573 e. The van der Waals surface area contributed by atoms with Gasteiger partial charge in [0.15, 0.2) is 5.65 Å². The lowest BCUT2D eigenvalue weighted by molar-refractivity contribution is -0.360. The summed E-state index contributed by atoms with van der Waals surface area (Å²) in [4.78, 5) is 2.75. The third-order valence-electron chi connectivity index (χ3n) is 4.44. The fourth-order valence-corrected chi connectivity index (χ4v) is 3.12. The van der Waals surface area contributed by atoms with E-state index in [2.05, 4.69) is 14.8 Å². The summed E-state index contributed by atoms with van der Waals surface area (Å²) in [5.41, 5.74) is -1.26. The van der Waals surface area contributed by atoms with Gasteiger partial charge in [0, 0.05) is 6.07 Å². The molecule has 0 atom stereocenters. The molecule has 0 saturated heterocycles. The van der Waals surface area contributed by atoms with Crippen molar-refractivity contribution in [3.8, 4) is 11.4 Å². The standard InChI is InChI=1S/C17H6ClF13N4O/c18-7-3-5(36-17(29,30)31)1-2-8(7)35-11(32)10-6(14(21,22)23)4-9(33-12(10)34-35)13(19,20)15(24,25)16(26,27)28/h1-4H,32H2. The Bertz CT molecular complexity index is 1310. The van der Waals surface area contributed by atoms with Crippen LogP contribution in [0.4, 0.5) is 62.9 Å². The Hall–Kier alpha value is -3.18. The van der Waals surface area contributed by atoms with E-state index in [1.54, 1.807) is 0 Å². The van der Waals surface area contributed by atoms with Gasteiger partial charge in [0.1, 0.15) is 17.3 Å². The van der Waals surface area contributed by atoms with Crippen LogP contribution in [0.1, 0.15) is 11.3 Å². The van der Waals surface area contributed by atoms with E-state index < -0.39 is 81.2 Å². The zero-order chi connectivity index (χ0) is 27.6. The number of fused-ring (bicyclic) bond motifs is 1. The number of ether oxygens (including phenoxy) is 1. The van der Waals surface area contributed by atoms with Crippen LogP contribution in [0.3, 0.4) is 0 Å². The predicted octanol–water partition coefficient (Wildman–Crippen LogP) is 6.86. The first-order chi connectivity index (χ1) is 16.1. The molecule has 0 radical (unpaired) electrons. The molecule has 0 fully saturated rings. The van der Waals surface area contributed by atoms with E-state index in [9.17, 15) is 57.1 Å². The number of halogens is 14. The van der Waals surface area contributed by atoms with Crippen LogP contribution in [0.25, 0.3) is 16.7 Å². The Kier molecular flexibility index (Phi) is 6.22. The number of pyridine rings is 1. The molecule has 0 aliphatic heterocycles. The second-order valence-corrected chi connectivity index (χ2v) is 7.26. The molecule has 1 aromatic carbocycles. The third-order valence-corrected chi connectivity index (χ3v) is 4.74. The summed E-state index contributed by atoms with van der Waals surface area (Å²) in [5, 5.41) is 1.34. The number of nitrogen functional groups attached to an aromatic ring is 1. The van der Waals surface area contributed by atoms with Crippen LogP contribution in [0, 0.1) is 0 Å². The van der Waals surface area contributed by atoms with Gasteiger partial charge >= 0.3 is 30.6 Å². The van der Waals surface area contributed by atoms with Crippen molar-refractivity contribution in [2.24, 2.45) is 0 Å². The van der Waals surface area contributed by atoms with Gasteiger partial charge in [0.05, 0.1) is 21.7 Å². The largest absolute Gasteiger partial charge is 0.573 e. The molecule has 0 bridgehead atoms. The number of hydrogen-bond acceptors (Lipinski definition) is 4. The summed E-state index contributed by atoms with van der Waals surface area (Å²) < 4.78 is 174. The summed E-state index contributed by atoms with van der Waals surface area (Å²) in [5.74, 6) is -15.1. The number of alkyl halides is 13. The van der Waals surface area contributed by atoms with Gasteiger partial charge in [-0.1, -0.05) is 11.6 Å². The molecule has 2 heterocycles. The van der Waals surface area contributed by atoms with Crippen LogP contribution in [0.15, 0.2) is 24.3 Å². The molecule has 3 aromatic rings. The Morgan fingerprint density at radius 2 is 1.44 bits per heavy atom. The van der Waals surface area contributed by atoms with E-state index in [1.807, 2.05) is 0 Å². The third kappa shape index (κ3) is 4.64. The van der Waals surface area contributed by atoms with E-state index in [-0.39, 0.29) is 4.68 Å². The van der Waals surface area contributed by atoms with Crippen LogP contribution >= 0.6 is 11.6 Å². The molecule has 0 amide bonds. The molecular weight excluding hydrogens is 559 g/mol. The highest BCUT2D eigenvalue weighted by molar-refractivity contribution is 6.32. The van der Waals surface area contributed by atoms with Crippen molar-refractivity contribution in [2.45, 2.75) is 30.6 Å². The van der Waals surface area contributed by atoms with E-state index >= 15 is 0 Å². The lowest BCUT2D eigenvalue weighted by Crippen LogP contribution is -2.50. The van der Waals surface area contributed by atoms with Crippen LogP contribution in [0.5, 0.6) is 5.75 Å². The summed E-state index contributed by atoms with van der Waals surface area (Å²) in [6.07, 6.45) is -17.7. The molecule has 0 aliphatic carbocycles. The summed E-state index contributed by atoms with van der Waals surface area (Å²) in [6.45, 7) is 0. The van der Waals surface area contributed by atoms with E-state index in [4.69, 9.17) is 17.3 Å². The molecule has 0 unspecified atom stereocenters. The fraction of sp³-hybridized carbons (Fsp3) is 0.294. The van der Waals surface area contributed by atoms with Gasteiger partial charge in [0.25, 0.3) is 0 Å². The minimum atomic E-state index is -6.88. The molecular formula is C17H6ClF13N4O. The van der Waals surface area contributed by atoms with Crippen LogP contribution in [0.2, 0.25) is 5.02 Å². The number of nitrogens with zero attached hydrogens (tertiary/aromatic N) is 3. The molecule has 2 N–H and O–H groups in total. The number of nitrogens with two attached hydrogens (primary N) is 1. The van der Waals surface area contributed by atoms with E-state index in [0.29, 0.717) is 18.2 Å². The summed E-state index contributed by atoms with van der Waals surface area (Å²) in [7, 11) is 0. The number of rotatable bonds is 4. The van der Waals surface area contributed by atoms with Crippen LogP contribution in [-0.2, 0) is 12.1 Å². The zero-order valence-electron chi connectivity index (χ0n) is 16.4. The average Bonchev–Trinajstić information content (AvgIpc) is 3.00. The van der Waals surface area contributed by atoms with Gasteiger partial charge in [-0.05, 0) is 18.2 Å². The van der Waals surface area contributed by atoms with Gasteiger partial charge in [-0.15, -0.1) is 18.3 Å². The highest BCUT2D eigenvalue weighted by Gasteiger charge is 2.74. The van der Waals surface area contributed by atoms with Gasteiger partial charge < -0.3 is 10.5 Å². The van der Waals surface area contributed by atoms with Crippen molar-refractivity contribution in [1.82, 2.24) is 14.8 Å². The van der Waals surface area contributed by atoms with E-state index in [0.717, 1.165) is 0 Å². The van der Waals surface area contributed by atoms with Gasteiger partial charge in [0.2, 0.25) is 0 Å². The molecule has 3 rings (SSSR count). The number of anilines is 1. The molecule has 5 nitrogen and oxygen atoms in total. The van der Waals surface area contributed by atoms with Gasteiger partial charge in [-0.25, -0.2) is 9.67 Å². The normalized spacial score (nSPS) is 13.9. The topological polar surface area (TPSA) is 66.0 Å². The number of benzene rings is 1. The molecule has 198 valence electrons. The second kappa shape index (κ2) is 8.17. The van der Waals surface area contributed by atoms with Crippen molar-refractivity contribution in [2.75, 3.05) is 5.73 Å². The van der Waals surface area contributed by atoms with Crippen LogP contribution < -0.4 is 10.5 Å². The van der Waals surface area contributed by atoms with Crippen molar-refractivity contribution in [3.05, 3.63) is 40.5 Å². The Labute approximate surface area is 194 Å². The maximum atomic E-state index is 14.1. The quantitative estimate of drug-likeness (QED) is 0.352. The average molecular weight is 565 g/mol. The van der Waals surface area contributed by atoms with Crippen LogP contribution in [-0.4, -0.2) is 33.2 Å². The molecule has 0 spiro atoms.